The first-order valence-corrected chi connectivity index (χ1v) is 10.7. The minimum Gasteiger partial charge on any atom is -0.486 e. The van der Waals surface area contributed by atoms with Gasteiger partial charge in [-0.2, -0.15) is 0 Å². The Hall–Kier alpha value is -3.27. The number of ether oxygens (including phenoxy) is 2. The molecule has 0 spiro atoms. The molecule has 0 radical (unpaired) electrons. The second kappa shape index (κ2) is 7.63. The zero-order valence-corrected chi connectivity index (χ0v) is 16.2. The lowest BCUT2D eigenvalue weighted by molar-refractivity contribution is 0.0846. The van der Waals surface area contributed by atoms with Crippen LogP contribution in [0.4, 0.5) is 5.69 Å². The van der Waals surface area contributed by atoms with E-state index in [1.54, 1.807) is 30.3 Å². The number of benzene rings is 2. The highest BCUT2D eigenvalue weighted by molar-refractivity contribution is 7.93. The lowest BCUT2D eigenvalue weighted by atomic mass is 10.2. The van der Waals surface area contributed by atoms with Crippen molar-refractivity contribution in [2.24, 2.45) is 0 Å². The first-order chi connectivity index (χ1) is 13.9. The number of nitrogens with one attached hydrogen (secondary N) is 2. The van der Waals surface area contributed by atoms with Crippen LogP contribution in [0.1, 0.15) is 27.1 Å². The highest BCUT2D eigenvalue weighted by Gasteiger charge is 2.28. The Morgan fingerprint density at radius 1 is 0.862 bits per heavy atom. The predicted octanol–water partition coefficient (Wildman–Crippen LogP) is 1.07. The van der Waals surface area contributed by atoms with Gasteiger partial charge in [-0.3, -0.25) is 24.7 Å². The number of carbonyl (C=O) groups excluding carboxylic acids is 2. The zero-order valence-electron chi connectivity index (χ0n) is 15.4. The summed E-state index contributed by atoms with van der Waals surface area (Å²) in [5, 5.41) is 0. The molecule has 9 nitrogen and oxygen atoms in total. The van der Waals surface area contributed by atoms with E-state index in [1.165, 1.54) is 16.4 Å². The number of fused-ring (bicyclic) bond motifs is 1. The number of hydrogen-bond donors (Lipinski definition) is 2. The molecule has 152 valence electrons. The van der Waals surface area contributed by atoms with Crippen LogP contribution in [0.2, 0.25) is 0 Å². The average Bonchev–Trinajstić information content (AvgIpc) is 3.10. The molecule has 1 saturated heterocycles. The van der Waals surface area contributed by atoms with Gasteiger partial charge in [0.2, 0.25) is 10.0 Å². The van der Waals surface area contributed by atoms with Crippen LogP contribution in [-0.4, -0.2) is 45.7 Å². The fourth-order valence-electron chi connectivity index (χ4n) is 3.15. The third-order valence-corrected chi connectivity index (χ3v) is 6.48. The van der Waals surface area contributed by atoms with Crippen LogP contribution < -0.4 is 24.6 Å². The summed E-state index contributed by atoms with van der Waals surface area (Å²) >= 11 is 0. The first-order valence-electron chi connectivity index (χ1n) is 9.05. The Balaban J connectivity index is 1.37. The lowest BCUT2D eigenvalue weighted by Crippen LogP contribution is -2.41. The quantitative estimate of drug-likeness (QED) is 0.723. The number of carbonyl (C=O) groups is 2. The number of amides is 2. The normalized spacial score (nSPS) is 16.9. The summed E-state index contributed by atoms with van der Waals surface area (Å²) in [7, 11) is -3.28. The molecule has 0 aliphatic carbocycles. The minimum absolute atomic E-state index is 0.126. The van der Waals surface area contributed by atoms with E-state index in [-0.39, 0.29) is 11.3 Å². The van der Waals surface area contributed by atoms with Crippen molar-refractivity contribution in [1.29, 1.82) is 0 Å². The monoisotopic (exact) mass is 417 g/mol. The molecule has 2 amide bonds. The summed E-state index contributed by atoms with van der Waals surface area (Å²) in [4.78, 5) is 24.5. The Kier molecular flexibility index (Phi) is 5.01. The summed E-state index contributed by atoms with van der Waals surface area (Å²) in [6, 6.07) is 10.9. The van der Waals surface area contributed by atoms with E-state index >= 15 is 0 Å². The largest absolute Gasteiger partial charge is 0.486 e. The summed E-state index contributed by atoms with van der Waals surface area (Å²) in [5.74, 6) is 0.141. The van der Waals surface area contributed by atoms with Gasteiger partial charge in [-0.15, -0.1) is 0 Å². The first kappa shape index (κ1) is 19.1. The smallest absolute Gasteiger partial charge is 0.269 e. The van der Waals surface area contributed by atoms with Crippen molar-refractivity contribution in [3.8, 4) is 11.5 Å². The highest BCUT2D eigenvalue weighted by Crippen LogP contribution is 2.30. The van der Waals surface area contributed by atoms with E-state index in [4.69, 9.17) is 9.47 Å². The molecule has 0 bridgehead atoms. The van der Waals surface area contributed by atoms with Crippen molar-refractivity contribution in [2.45, 2.75) is 6.42 Å². The van der Waals surface area contributed by atoms with Crippen molar-refractivity contribution in [3.63, 3.8) is 0 Å². The van der Waals surface area contributed by atoms with Gasteiger partial charge in [0, 0.05) is 17.7 Å². The van der Waals surface area contributed by atoms with Crippen LogP contribution in [-0.2, 0) is 10.0 Å². The molecule has 29 heavy (non-hydrogen) atoms. The van der Waals surface area contributed by atoms with Crippen molar-refractivity contribution >= 4 is 27.5 Å². The van der Waals surface area contributed by atoms with E-state index in [0.717, 1.165) is 0 Å². The van der Waals surface area contributed by atoms with E-state index < -0.39 is 21.8 Å². The molecule has 0 atom stereocenters. The molecule has 2 N–H and O–H groups in total. The Morgan fingerprint density at radius 2 is 1.48 bits per heavy atom. The molecule has 1 fully saturated rings. The highest BCUT2D eigenvalue weighted by atomic mass is 32.2. The maximum atomic E-state index is 12.3. The molecule has 0 aromatic heterocycles. The Morgan fingerprint density at radius 3 is 2.14 bits per heavy atom. The zero-order chi connectivity index (χ0) is 20.4. The molecular weight excluding hydrogens is 398 g/mol. The van der Waals surface area contributed by atoms with Crippen LogP contribution in [0.3, 0.4) is 0 Å². The van der Waals surface area contributed by atoms with Gasteiger partial charge in [0.05, 0.1) is 11.4 Å². The van der Waals surface area contributed by atoms with Crippen molar-refractivity contribution < 1.29 is 27.5 Å². The van der Waals surface area contributed by atoms with E-state index in [9.17, 15) is 18.0 Å². The topological polar surface area (TPSA) is 114 Å². The Labute approximate surface area is 167 Å². The number of sulfonamides is 1. The molecule has 2 aromatic rings. The maximum absolute atomic E-state index is 12.3. The average molecular weight is 417 g/mol. The number of rotatable bonds is 3. The van der Waals surface area contributed by atoms with Crippen LogP contribution in [0.5, 0.6) is 11.5 Å². The summed E-state index contributed by atoms with van der Waals surface area (Å²) in [5.41, 5.74) is 5.79. The lowest BCUT2D eigenvalue weighted by Gasteiger charge is -2.18. The second-order valence-electron chi connectivity index (χ2n) is 6.56. The molecule has 2 aliphatic heterocycles. The van der Waals surface area contributed by atoms with Crippen LogP contribution in [0.15, 0.2) is 42.5 Å². The Bertz CT molecular complexity index is 1050. The van der Waals surface area contributed by atoms with Crippen molar-refractivity contribution in [2.75, 3.05) is 29.8 Å². The fourth-order valence-corrected chi connectivity index (χ4v) is 4.72. The van der Waals surface area contributed by atoms with E-state index in [2.05, 4.69) is 10.9 Å². The molecule has 2 heterocycles. The van der Waals surface area contributed by atoms with Gasteiger partial charge in [-0.25, -0.2) is 8.42 Å². The van der Waals surface area contributed by atoms with E-state index in [1.807, 2.05) is 0 Å². The summed E-state index contributed by atoms with van der Waals surface area (Å²) < 4.78 is 36.1. The number of hydrogen-bond acceptors (Lipinski definition) is 6. The van der Waals surface area contributed by atoms with Crippen LogP contribution >= 0.6 is 0 Å². The van der Waals surface area contributed by atoms with Gasteiger partial charge in [0.15, 0.2) is 11.5 Å². The van der Waals surface area contributed by atoms with Gasteiger partial charge < -0.3 is 9.47 Å². The number of nitrogens with zero attached hydrogens (tertiary/aromatic N) is 1. The summed E-state index contributed by atoms with van der Waals surface area (Å²) in [6.07, 6.45) is 0.580. The van der Waals surface area contributed by atoms with Crippen LogP contribution in [0.25, 0.3) is 0 Å². The fraction of sp³-hybridized carbons (Fsp3) is 0.263. The van der Waals surface area contributed by atoms with Gasteiger partial charge >= 0.3 is 0 Å². The summed E-state index contributed by atoms with van der Waals surface area (Å²) in [6.45, 7) is 1.29. The van der Waals surface area contributed by atoms with Crippen LogP contribution in [0, 0.1) is 0 Å². The predicted molar refractivity (Wildman–Crippen MR) is 105 cm³/mol. The molecular formula is C19H19N3O6S. The van der Waals surface area contributed by atoms with E-state index in [0.29, 0.717) is 48.9 Å². The molecule has 4 rings (SSSR count). The third kappa shape index (κ3) is 3.97. The standard InChI is InChI=1S/C19H19N3O6S/c23-18(13-2-5-15(6-3-13)22-8-1-11-29(22,25)26)20-21-19(24)14-4-7-16-17(12-14)28-10-9-27-16/h2-7,12H,1,8-11H2,(H,20,23)(H,21,24). The second-order valence-corrected chi connectivity index (χ2v) is 8.57. The SMILES string of the molecule is O=C(NNC(=O)c1ccc2c(c1)OCCO2)c1ccc(N2CCCS2(=O)=O)cc1. The molecule has 10 heteroatoms. The number of hydrazine groups is 1. The third-order valence-electron chi connectivity index (χ3n) is 4.61. The van der Waals surface area contributed by atoms with Gasteiger partial charge in [-0.05, 0) is 48.9 Å². The number of anilines is 1. The molecule has 0 saturated carbocycles. The molecule has 2 aliphatic rings. The van der Waals surface area contributed by atoms with Gasteiger partial charge in [0.25, 0.3) is 11.8 Å². The van der Waals surface area contributed by atoms with Crippen molar-refractivity contribution in [3.05, 3.63) is 53.6 Å². The van der Waals surface area contributed by atoms with Gasteiger partial charge in [0.1, 0.15) is 13.2 Å². The van der Waals surface area contributed by atoms with Gasteiger partial charge in [-0.1, -0.05) is 0 Å². The van der Waals surface area contributed by atoms with Crippen molar-refractivity contribution in [1.82, 2.24) is 10.9 Å². The molecule has 2 aromatic carbocycles. The molecule has 0 unspecified atom stereocenters. The maximum Gasteiger partial charge on any atom is 0.269 e. The minimum atomic E-state index is -3.28.